The Bertz CT molecular complexity index is 1150. The van der Waals surface area contributed by atoms with E-state index < -0.39 is 11.7 Å². The summed E-state index contributed by atoms with van der Waals surface area (Å²) in [5.74, 6) is 0.420. The highest BCUT2D eigenvalue weighted by Crippen LogP contribution is 2.36. The van der Waals surface area contributed by atoms with Crippen LogP contribution in [-0.2, 0) is 22.2 Å². The first-order chi connectivity index (χ1) is 19.5. The van der Waals surface area contributed by atoms with Crippen LogP contribution in [-0.4, -0.2) is 71.5 Å². The second-order valence-corrected chi connectivity index (χ2v) is 11.3. The molecule has 2 saturated heterocycles. The van der Waals surface area contributed by atoms with E-state index in [1.54, 1.807) is 18.5 Å². The van der Waals surface area contributed by atoms with Crippen molar-refractivity contribution in [1.82, 2.24) is 14.9 Å². The average molecular weight is 598 g/mol. The van der Waals surface area contributed by atoms with Crippen molar-refractivity contribution in [1.29, 1.82) is 0 Å². The topological polar surface area (TPSA) is 71.0 Å². The zero-order chi connectivity index (χ0) is 29.7. The molecule has 0 spiro atoms. The molecule has 2 aliphatic heterocycles. The normalized spacial score (nSPS) is 21.7. The summed E-state index contributed by atoms with van der Waals surface area (Å²) >= 11 is 6.14. The van der Waals surface area contributed by atoms with Crippen LogP contribution in [0.2, 0.25) is 5.02 Å². The lowest BCUT2D eigenvalue weighted by Gasteiger charge is -2.47. The Balaban J connectivity index is 1.68. The Labute approximate surface area is 244 Å². The third kappa shape index (κ3) is 7.74. The van der Waals surface area contributed by atoms with Crippen LogP contribution < -0.4 is 9.80 Å². The highest BCUT2D eigenvalue weighted by molar-refractivity contribution is 6.30. The van der Waals surface area contributed by atoms with Crippen LogP contribution in [0.15, 0.2) is 30.6 Å². The maximum Gasteiger partial charge on any atom is 0.416 e. The summed E-state index contributed by atoms with van der Waals surface area (Å²) in [4.78, 5) is 28.4. The van der Waals surface area contributed by atoms with Crippen molar-refractivity contribution < 1.29 is 27.4 Å². The summed E-state index contributed by atoms with van der Waals surface area (Å²) in [6.45, 7) is 10.6. The average Bonchev–Trinajstić information content (AvgIpc) is 2.94. The second kappa shape index (κ2) is 13.5. The molecule has 3 atom stereocenters. The number of benzene rings is 1. The van der Waals surface area contributed by atoms with Gasteiger partial charge in [0.1, 0.15) is 0 Å². The van der Waals surface area contributed by atoms with Gasteiger partial charge in [-0.15, -0.1) is 0 Å². The molecule has 3 heterocycles. The summed E-state index contributed by atoms with van der Waals surface area (Å²) in [5.41, 5.74) is 0.476. The highest BCUT2D eigenvalue weighted by atomic mass is 35.5. The Morgan fingerprint density at radius 2 is 1.71 bits per heavy atom. The number of nitrogens with zero attached hydrogens (tertiary/aromatic N) is 5. The number of piperidine rings is 1. The number of anilines is 2. The Hall–Kier alpha value is -2.79. The number of carbonyl (C=O) groups is 1. The van der Waals surface area contributed by atoms with Gasteiger partial charge in [-0.2, -0.15) is 13.2 Å². The summed E-state index contributed by atoms with van der Waals surface area (Å²) in [6, 6.07) is 3.27. The smallest absolute Gasteiger partial charge is 0.416 e. The lowest BCUT2D eigenvalue weighted by molar-refractivity contribution is -0.137. The number of aromatic nitrogens is 2. The minimum absolute atomic E-state index is 0.0162. The van der Waals surface area contributed by atoms with Gasteiger partial charge in [0.25, 0.3) is 0 Å². The van der Waals surface area contributed by atoms with Crippen LogP contribution in [0.3, 0.4) is 0 Å². The number of hydrogen-bond donors (Lipinski definition) is 0. The lowest BCUT2D eigenvalue weighted by atomic mass is 9.87. The van der Waals surface area contributed by atoms with E-state index in [9.17, 15) is 18.0 Å². The third-order valence-corrected chi connectivity index (χ3v) is 7.92. The maximum atomic E-state index is 13.6. The molecule has 2 aromatic rings. The molecule has 1 unspecified atom stereocenters. The van der Waals surface area contributed by atoms with E-state index in [0.29, 0.717) is 50.4 Å². The quantitative estimate of drug-likeness (QED) is 0.341. The molecule has 4 rings (SSSR count). The minimum Gasteiger partial charge on any atom is -0.447 e. The molecular weight excluding hydrogens is 559 g/mol. The van der Waals surface area contributed by atoms with E-state index in [1.165, 1.54) is 0 Å². The molecule has 226 valence electrons. The number of morpholine rings is 1. The first kappa shape index (κ1) is 31.2. The zero-order valence-corrected chi connectivity index (χ0v) is 24.8. The molecule has 8 nitrogen and oxygen atoms in total. The van der Waals surface area contributed by atoms with Crippen molar-refractivity contribution >= 4 is 29.3 Å². The van der Waals surface area contributed by atoms with Crippen molar-refractivity contribution in [2.24, 2.45) is 0 Å². The number of likely N-dealkylation sites (tertiary alicyclic amines) is 1. The first-order valence-corrected chi connectivity index (χ1v) is 14.6. The van der Waals surface area contributed by atoms with Gasteiger partial charge in [-0.05, 0) is 63.3 Å². The fourth-order valence-electron chi connectivity index (χ4n) is 5.70. The summed E-state index contributed by atoms with van der Waals surface area (Å²) < 4.78 is 51.9. The second-order valence-electron chi connectivity index (χ2n) is 10.9. The molecule has 12 heteroatoms. The van der Waals surface area contributed by atoms with Gasteiger partial charge >= 0.3 is 12.3 Å². The zero-order valence-electron chi connectivity index (χ0n) is 24.0. The van der Waals surface area contributed by atoms with Gasteiger partial charge in [0.15, 0.2) is 0 Å². The van der Waals surface area contributed by atoms with Crippen molar-refractivity contribution in [3.8, 4) is 0 Å². The van der Waals surface area contributed by atoms with Crippen molar-refractivity contribution in [2.75, 3.05) is 36.1 Å². The van der Waals surface area contributed by atoms with E-state index in [1.807, 2.05) is 37.5 Å². The molecule has 1 aromatic carbocycles. The van der Waals surface area contributed by atoms with Gasteiger partial charge in [-0.3, -0.25) is 0 Å². The van der Waals surface area contributed by atoms with E-state index in [4.69, 9.17) is 21.1 Å². The molecule has 0 bridgehead atoms. The Morgan fingerprint density at radius 3 is 2.24 bits per heavy atom. The van der Waals surface area contributed by atoms with Gasteiger partial charge in [0.2, 0.25) is 5.95 Å². The molecule has 2 aliphatic rings. The van der Waals surface area contributed by atoms with Crippen molar-refractivity contribution in [2.45, 2.75) is 90.3 Å². The minimum atomic E-state index is -4.52. The third-order valence-electron chi connectivity index (χ3n) is 7.70. The SMILES string of the molecule is CC[C@@H]1CC(N(Cc2cc(Cl)cc(C(F)(F)F)c2)c2ncc(N3CCOCC3)cn2)C[C@H](CC)N1C(=O)OC(C)C. The summed E-state index contributed by atoms with van der Waals surface area (Å²) in [7, 11) is 0. The number of carbonyl (C=O) groups excluding carboxylic acids is 1. The largest absolute Gasteiger partial charge is 0.447 e. The van der Waals surface area contributed by atoms with Gasteiger partial charge in [-0.25, -0.2) is 14.8 Å². The lowest BCUT2D eigenvalue weighted by Crippen LogP contribution is -2.57. The van der Waals surface area contributed by atoms with E-state index in [0.717, 1.165) is 30.9 Å². The summed E-state index contributed by atoms with van der Waals surface area (Å²) in [6.07, 6.45) is 1.02. The number of alkyl halides is 3. The van der Waals surface area contributed by atoms with Crippen molar-refractivity contribution in [3.63, 3.8) is 0 Å². The fourth-order valence-corrected chi connectivity index (χ4v) is 5.96. The van der Waals surface area contributed by atoms with Gasteiger partial charge < -0.3 is 24.2 Å². The molecule has 0 aliphatic carbocycles. The fraction of sp³-hybridized carbons (Fsp3) is 0.621. The highest BCUT2D eigenvalue weighted by Gasteiger charge is 2.41. The first-order valence-electron chi connectivity index (χ1n) is 14.3. The molecule has 41 heavy (non-hydrogen) atoms. The van der Waals surface area contributed by atoms with E-state index >= 15 is 0 Å². The predicted molar refractivity (Wildman–Crippen MR) is 152 cm³/mol. The van der Waals surface area contributed by atoms with Gasteiger partial charge in [0.05, 0.1) is 43.0 Å². The van der Waals surface area contributed by atoms with Crippen LogP contribution in [0.25, 0.3) is 0 Å². The number of hydrogen-bond acceptors (Lipinski definition) is 7. The predicted octanol–water partition coefficient (Wildman–Crippen LogP) is 6.56. The summed E-state index contributed by atoms with van der Waals surface area (Å²) in [5, 5.41) is 0.0162. The number of amides is 1. The number of rotatable bonds is 8. The monoisotopic (exact) mass is 597 g/mol. The van der Waals surface area contributed by atoms with Crippen LogP contribution in [0.1, 0.15) is 64.5 Å². The maximum absolute atomic E-state index is 13.6. The Kier molecular flexibility index (Phi) is 10.2. The van der Waals surface area contributed by atoms with Gasteiger partial charge in [-0.1, -0.05) is 25.4 Å². The number of ether oxygens (including phenoxy) is 2. The molecule has 0 N–H and O–H groups in total. The van der Waals surface area contributed by atoms with Crippen LogP contribution in [0.5, 0.6) is 0 Å². The van der Waals surface area contributed by atoms with E-state index in [2.05, 4.69) is 14.9 Å². The van der Waals surface area contributed by atoms with Crippen LogP contribution in [0.4, 0.5) is 29.6 Å². The van der Waals surface area contributed by atoms with Crippen LogP contribution in [0, 0.1) is 0 Å². The van der Waals surface area contributed by atoms with Crippen molar-refractivity contribution in [3.05, 3.63) is 46.7 Å². The number of halogens is 4. The molecule has 1 amide bonds. The van der Waals surface area contributed by atoms with Crippen LogP contribution >= 0.6 is 11.6 Å². The van der Waals surface area contributed by atoms with Gasteiger partial charge in [0, 0.05) is 42.8 Å². The standard InChI is InChI=1S/C29H39ClF3N5O3/c1-5-23-14-25(15-24(6-2)38(23)28(39)41-19(3)4)37(18-20-11-21(29(31,32)33)13-22(30)12-20)27-34-16-26(17-35-27)36-7-9-40-10-8-36/h11-13,16-17,19,23-25H,5-10,14-15,18H2,1-4H3/t23-,24+,25?. The molecule has 0 saturated carbocycles. The molecule has 1 aromatic heterocycles. The molecular formula is C29H39ClF3N5O3. The van der Waals surface area contributed by atoms with E-state index in [-0.39, 0.29) is 41.9 Å². The molecule has 0 radical (unpaired) electrons. The molecule has 2 fully saturated rings. The Morgan fingerprint density at radius 1 is 1.10 bits per heavy atom.